The SMILES string of the molecule is Cc1ccc(S(=O)(=O)Nc2nccc(Cl)n2)cc1F. The molecule has 0 spiro atoms. The first-order chi connectivity index (χ1) is 8.88. The summed E-state index contributed by atoms with van der Waals surface area (Å²) < 4.78 is 39.4. The van der Waals surface area contributed by atoms with Crippen LogP contribution in [0.1, 0.15) is 5.56 Å². The van der Waals surface area contributed by atoms with Crippen LogP contribution in [0.15, 0.2) is 35.4 Å². The van der Waals surface area contributed by atoms with Crippen molar-refractivity contribution < 1.29 is 12.8 Å². The molecule has 0 saturated carbocycles. The molecule has 0 aliphatic heterocycles. The highest BCUT2D eigenvalue weighted by atomic mass is 35.5. The number of aryl methyl sites for hydroxylation is 1. The summed E-state index contributed by atoms with van der Waals surface area (Å²) in [5.74, 6) is -0.775. The molecule has 2 aromatic rings. The summed E-state index contributed by atoms with van der Waals surface area (Å²) in [7, 11) is -3.94. The first kappa shape index (κ1) is 13.7. The van der Waals surface area contributed by atoms with Gasteiger partial charge in [0, 0.05) is 6.20 Å². The molecular formula is C11H9ClFN3O2S. The first-order valence-electron chi connectivity index (χ1n) is 5.16. The van der Waals surface area contributed by atoms with Crippen LogP contribution >= 0.6 is 11.6 Å². The standard InChI is InChI=1S/C11H9ClFN3O2S/c1-7-2-3-8(6-9(7)13)19(17,18)16-11-14-5-4-10(12)15-11/h2-6H,1H3,(H,14,15,16). The molecule has 0 radical (unpaired) electrons. The van der Waals surface area contributed by atoms with Gasteiger partial charge >= 0.3 is 0 Å². The minimum Gasteiger partial charge on any atom is -0.247 e. The molecule has 0 aliphatic rings. The van der Waals surface area contributed by atoms with E-state index in [9.17, 15) is 12.8 Å². The number of hydrogen-bond acceptors (Lipinski definition) is 4. The minimum atomic E-state index is -3.94. The fourth-order valence-corrected chi connectivity index (χ4v) is 2.40. The van der Waals surface area contributed by atoms with E-state index in [4.69, 9.17) is 11.6 Å². The van der Waals surface area contributed by atoms with Crippen LogP contribution in [-0.4, -0.2) is 18.4 Å². The Labute approximate surface area is 114 Å². The molecule has 0 amide bonds. The number of sulfonamides is 1. The van der Waals surface area contributed by atoms with Crippen molar-refractivity contribution >= 4 is 27.6 Å². The maximum Gasteiger partial charge on any atom is 0.264 e. The molecular weight excluding hydrogens is 293 g/mol. The molecule has 0 fully saturated rings. The molecule has 5 nitrogen and oxygen atoms in total. The Balaban J connectivity index is 2.35. The van der Waals surface area contributed by atoms with Crippen LogP contribution < -0.4 is 4.72 Å². The van der Waals surface area contributed by atoms with Crippen LogP contribution in [0.25, 0.3) is 0 Å². The number of nitrogens with zero attached hydrogens (tertiary/aromatic N) is 2. The molecule has 0 aliphatic carbocycles. The van der Waals surface area contributed by atoms with Crippen LogP contribution in [0.3, 0.4) is 0 Å². The lowest BCUT2D eigenvalue weighted by Crippen LogP contribution is -2.15. The average molecular weight is 302 g/mol. The van der Waals surface area contributed by atoms with Gasteiger partial charge in [0.2, 0.25) is 5.95 Å². The third kappa shape index (κ3) is 3.18. The van der Waals surface area contributed by atoms with E-state index in [0.717, 1.165) is 6.07 Å². The van der Waals surface area contributed by atoms with Crippen LogP contribution in [0.4, 0.5) is 10.3 Å². The molecule has 100 valence electrons. The normalized spacial score (nSPS) is 11.3. The minimum absolute atomic E-state index is 0.0998. The summed E-state index contributed by atoms with van der Waals surface area (Å²) in [6.07, 6.45) is 1.31. The lowest BCUT2D eigenvalue weighted by Gasteiger charge is -2.07. The number of halogens is 2. The van der Waals surface area contributed by atoms with Gasteiger partial charge in [0.15, 0.2) is 0 Å². The van der Waals surface area contributed by atoms with Gasteiger partial charge in [0.1, 0.15) is 11.0 Å². The molecule has 1 heterocycles. The van der Waals surface area contributed by atoms with Crippen molar-refractivity contribution in [1.82, 2.24) is 9.97 Å². The lowest BCUT2D eigenvalue weighted by atomic mass is 10.2. The van der Waals surface area contributed by atoms with Crippen molar-refractivity contribution in [1.29, 1.82) is 0 Å². The zero-order valence-electron chi connectivity index (χ0n) is 9.76. The van der Waals surface area contributed by atoms with Crippen molar-refractivity contribution in [2.24, 2.45) is 0 Å². The van der Waals surface area contributed by atoms with Crippen molar-refractivity contribution in [2.45, 2.75) is 11.8 Å². The quantitative estimate of drug-likeness (QED) is 0.884. The lowest BCUT2D eigenvalue weighted by molar-refractivity contribution is 0.593. The third-order valence-corrected chi connectivity index (χ3v) is 3.84. The van der Waals surface area contributed by atoms with Crippen LogP contribution in [0, 0.1) is 12.7 Å². The van der Waals surface area contributed by atoms with E-state index < -0.39 is 15.8 Å². The van der Waals surface area contributed by atoms with E-state index in [1.807, 2.05) is 0 Å². The second-order valence-corrected chi connectivity index (χ2v) is 5.79. The van der Waals surface area contributed by atoms with Gasteiger partial charge in [0.25, 0.3) is 10.0 Å². The summed E-state index contributed by atoms with van der Waals surface area (Å²) in [6, 6.07) is 5.02. The van der Waals surface area contributed by atoms with Gasteiger partial charge in [-0.1, -0.05) is 17.7 Å². The fraction of sp³-hybridized carbons (Fsp3) is 0.0909. The number of aromatic nitrogens is 2. The topological polar surface area (TPSA) is 72.0 Å². The zero-order chi connectivity index (χ0) is 14.0. The summed E-state index contributed by atoms with van der Waals surface area (Å²) in [6.45, 7) is 1.54. The largest absolute Gasteiger partial charge is 0.264 e. The fourth-order valence-electron chi connectivity index (χ4n) is 1.31. The van der Waals surface area contributed by atoms with Gasteiger partial charge in [-0.3, -0.25) is 0 Å². The maximum atomic E-state index is 13.4. The van der Waals surface area contributed by atoms with Gasteiger partial charge in [-0.2, -0.15) is 0 Å². The zero-order valence-corrected chi connectivity index (χ0v) is 11.3. The third-order valence-electron chi connectivity index (χ3n) is 2.30. The van der Waals surface area contributed by atoms with Crippen LogP contribution in [0.2, 0.25) is 5.15 Å². The molecule has 0 bridgehead atoms. The van der Waals surface area contributed by atoms with E-state index in [1.165, 1.54) is 24.4 Å². The molecule has 0 saturated heterocycles. The van der Waals surface area contributed by atoms with Crippen molar-refractivity contribution in [2.75, 3.05) is 4.72 Å². The van der Waals surface area contributed by atoms with Crippen molar-refractivity contribution in [3.63, 3.8) is 0 Å². The Morgan fingerprint density at radius 3 is 2.68 bits per heavy atom. The molecule has 8 heteroatoms. The first-order valence-corrected chi connectivity index (χ1v) is 7.02. The second kappa shape index (κ2) is 5.10. The highest BCUT2D eigenvalue weighted by Gasteiger charge is 2.17. The Kier molecular flexibility index (Phi) is 3.68. The predicted octanol–water partition coefficient (Wildman–Crippen LogP) is 2.38. The number of nitrogens with one attached hydrogen (secondary N) is 1. The van der Waals surface area contributed by atoms with E-state index in [2.05, 4.69) is 14.7 Å². The smallest absolute Gasteiger partial charge is 0.247 e. The molecule has 2 rings (SSSR count). The van der Waals surface area contributed by atoms with E-state index in [-0.39, 0.29) is 16.0 Å². The van der Waals surface area contributed by atoms with Gasteiger partial charge < -0.3 is 0 Å². The van der Waals surface area contributed by atoms with Crippen LogP contribution in [-0.2, 0) is 10.0 Å². The van der Waals surface area contributed by atoms with Gasteiger partial charge in [-0.05, 0) is 30.7 Å². The highest BCUT2D eigenvalue weighted by molar-refractivity contribution is 7.92. The predicted molar refractivity (Wildman–Crippen MR) is 69.0 cm³/mol. The van der Waals surface area contributed by atoms with Gasteiger partial charge in [-0.25, -0.2) is 27.5 Å². The highest BCUT2D eigenvalue weighted by Crippen LogP contribution is 2.17. The Morgan fingerprint density at radius 1 is 1.32 bits per heavy atom. The Hall–Kier alpha value is -1.73. The summed E-state index contributed by atoms with van der Waals surface area (Å²) in [5, 5.41) is 0.0998. The van der Waals surface area contributed by atoms with E-state index >= 15 is 0 Å². The molecule has 19 heavy (non-hydrogen) atoms. The summed E-state index contributed by atoms with van der Waals surface area (Å²) >= 11 is 5.62. The number of hydrogen-bond donors (Lipinski definition) is 1. The molecule has 0 unspecified atom stereocenters. The number of benzene rings is 1. The molecule has 1 aromatic heterocycles. The molecule has 1 N–H and O–H groups in total. The van der Waals surface area contributed by atoms with E-state index in [1.54, 1.807) is 6.92 Å². The monoisotopic (exact) mass is 301 g/mol. The van der Waals surface area contributed by atoms with Crippen molar-refractivity contribution in [3.8, 4) is 0 Å². The number of anilines is 1. The summed E-state index contributed by atoms with van der Waals surface area (Å²) in [5.41, 5.74) is 0.359. The molecule has 0 atom stereocenters. The van der Waals surface area contributed by atoms with Crippen LogP contribution in [0.5, 0.6) is 0 Å². The number of rotatable bonds is 3. The van der Waals surface area contributed by atoms with Gasteiger partial charge in [-0.15, -0.1) is 0 Å². The van der Waals surface area contributed by atoms with Crippen molar-refractivity contribution in [3.05, 3.63) is 47.0 Å². The Bertz CT molecular complexity index is 722. The Morgan fingerprint density at radius 2 is 2.05 bits per heavy atom. The average Bonchev–Trinajstić information content (AvgIpc) is 2.32. The second-order valence-electron chi connectivity index (χ2n) is 3.72. The van der Waals surface area contributed by atoms with E-state index in [0.29, 0.717) is 5.56 Å². The maximum absolute atomic E-state index is 13.4. The summed E-state index contributed by atoms with van der Waals surface area (Å²) in [4.78, 5) is 7.20. The van der Waals surface area contributed by atoms with Gasteiger partial charge in [0.05, 0.1) is 4.90 Å². The molecule has 1 aromatic carbocycles.